The van der Waals surface area contributed by atoms with Gasteiger partial charge >= 0.3 is 0 Å². The van der Waals surface area contributed by atoms with Gasteiger partial charge < -0.3 is 5.11 Å². The van der Waals surface area contributed by atoms with E-state index in [1.165, 1.54) is 70.6 Å². The van der Waals surface area contributed by atoms with Crippen LogP contribution in [-0.2, 0) is 0 Å². The molecule has 0 heterocycles. The van der Waals surface area contributed by atoms with E-state index in [0.717, 1.165) is 12.8 Å². The summed E-state index contributed by atoms with van der Waals surface area (Å²) in [5.74, 6) is 0. The van der Waals surface area contributed by atoms with Crippen LogP contribution in [0.15, 0.2) is 0 Å². The van der Waals surface area contributed by atoms with Gasteiger partial charge in [-0.1, -0.05) is 84.0 Å². The lowest BCUT2D eigenvalue weighted by Crippen LogP contribution is -1.98. The molecule has 0 saturated carbocycles. The van der Waals surface area contributed by atoms with Crippen LogP contribution in [-0.4, -0.2) is 11.2 Å². The van der Waals surface area contributed by atoms with Crippen LogP contribution < -0.4 is 0 Å². The van der Waals surface area contributed by atoms with Gasteiger partial charge in [0.25, 0.3) is 0 Å². The smallest absolute Gasteiger partial charge is 0.0541 e. The van der Waals surface area contributed by atoms with Gasteiger partial charge in [-0.25, -0.2) is 0 Å². The Morgan fingerprint density at radius 3 is 1.41 bits per heavy atom. The summed E-state index contributed by atoms with van der Waals surface area (Å²) in [6.07, 6.45) is 17.0. The molecule has 1 heteroatoms. The molecule has 0 amide bonds. The molecule has 0 rings (SSSR count). The summed E-state index contributed by atoms with van der Waals surface area (Å²) in [4.78, 5) is 0. The highest BCUT2D eigenvalue weighted by molar-refractivity contribution is 4.56. The Bertz CT molecular complexity index is 131. The molecule has 0 aliphatic carbocycles. The molecule has 0 aromatic heterocycles. The molecule has 1 atom stereocenters. The van der Waals surface area contributed by atoms with E-state index in [0.29, 0.717) is 0 Å². The Morgan fingerprint density at radius 1 is 0.706 bits per heavy atom. The Labute approximate surface area is 109 Å². The first-order valence-electron chi connectivity index (χ1n) is 7.78. The number of aliphatic hydroxyl groups is 1. The molecule has 1 nitrogen and oxygen atoms in total. The Morgan fingerprint density at radius 2 is 1.06 bits per heavy atom. The maximum atomic E-state index is 9.00. The molecule has 0 spiro atoms. The van der Waals surface area contributed by atoms with Crippen molar-refractivity contribution in [2.75, 3.05) is 0 Å². The molecular formula is C16H33O. The molecule has 0 aliphatic rings. The van der Waals surface area contributed by atoms with E-state index in [9.17, 15) is 0 Å². The van der Waals surface area contributed by atoms with Crippen LogP contribution in [0.2, 0.25) is 0 Å². The number of hydrogen-bond acceptors (Lipinski definition) is 1. The minimum absolute atomic E-state index is 0.349. The average molecular weight is 241 g/mol. The zero-order valence-corrected chi connectivity index (χ0v) is 11.9. The van der Waals surface area contributed by atoms with E-state index in [1.54, 1.807) is 0 Å². The number of rotatable bonds is 13. The summed E-state index contributed by atoms with van der Waals surface area (Å²) in [5.41, 5.74) is 0. The van der Waals surface area contributed by atoms with Crippen molar-refractivity contribution in [2.24, 2.45) is 0 Å². The summed E-state index contributed by atoms with van der Waals surface area (Å²) in [7, 11) is 0. The van der Waals surface area contributed by atoms with Gasteiger partial charge in [0.05, 0.1) is 6.10 Å². The van der Waals surface area contributed by atoms with Crippen LogP contribution >= 0.6 is 0 Å². The zero-order chi connectivity index (χ0) is 12.8. The topological polar surface area (TPSA) is 20.2 Å². The molecule has 0 saturated heterocycles. The molecule has 1 radical (unpaired) electrons. The van der Waals surface area contributed by atoms with E-state index in [-0.39, 0.29) is 6.10 Å². The van der Waals surface area contributed by atoms with Crippen molar-refractivity contribution in [3.63, 3.8) is 0 Å². The highest BCUT2D eigenvalue weighted by atomic mass is 16.3. The first-order chi connectivity index (χ1) is 8.27. The quantitative estimate of drug-likeness (QED) is 0.435. The number of unbranched alkanes of at least 4 members (excludes halogenated alkanes) is 11. The highest BCUT2D eigenvalue weighted by Crippen LogP contribution is 2.12. The molecule has 0 aromatic rings. The highest BCUT2D eigenvalue weighted by Gasteiger charge is 1.96. The largest absolute Gasteiger partial charge is 0.393 e. The molecule has 0 fully saturated rings. The lowest BCUT2D eigenvalue weighted by Gasteiger charge is -2.04. The summed E-state index contributed by atoms with van der Waals surface area (Å²) in [5, 5.41) is 9.00. The molecule has 17 heavy (non-hydrogen) atoms. The first-order valence-corrected chi connectivity index (χ1v) is 7.78. The SMILES string of the molecule is [CH2]C(O)CCCCCCCCCCCCCC. The summed E-state index contributed by atoms with van der Waals surface area (Å²) < 4.78 is 0. The summed E-state index contributed by atoms with van der Waals surface area (Å²) in [6.45, 7) is 5.85. The van der Waals surface area contributed by atoms with Gasteiger partial charge in [-0.2, -0.15) is 0 Å². The van der Waals surface area contributed by atoms with Crippen LogP contribution in [0.3, 0.4) is 0 Å². The predicted molar refractivity (Wildman–Crippen MR) is 77.1 cm³/mol. The van der Waals surface area contributed by atoms with E-state index < -0.39 is 0 Å². The molecule has 0 aliphatic heterocycles. The van der Waals surface area contributed by atoms with Gasteiger partial charge in [-0.05, 0) is 13.3 Å². The van der Waals surface area contributed by atoms with Gasteiger partial charge in [0, 0.05) is 0 Å². The lowest BCUT2D eigenvalue weighted by atomic mass is 10.0. The Kier molecular flexibility index (Phi) is 14.0. The third-order valence-corrected chi connectivity index (χ3v) is 3.39. The summed E-state index contributed by atoms with van der Waals surface area (Å²) in [6, 6.07) is 0. The molecule has 103 valence electrons. The average Bonchev–Trinajstić information content (AvgIpc) is 2.30. The van der Waals surface area contributed by atoms with Crippen molar-refractivity contribution in [1.82, 2.24) is 0 Å². The second kappa shape index (κ2) is 14.0. The van der Waals surface area contributed by atoms with Crippen LogP contribution in [0.4, 0.5) is 0 Å². The van der Waals surface area contributed by atoms with Gasteiger partial charge in [0.2, 0.25) is 0 Å². The fourth-order valence-corrected chi connectivity index (χ4v) is 2.22. The molecule has 1 N–H and O–H groups in total. The predicted octanol–water partition coefficient (Wildman–Crippen LogP) is 5.27. The van der Waals surface area contributed by atoms with E-state index >= 15 is 0 Å². The Balaban J connectivity index is 2.89. The van der Waals surface area contributed by atoms with Gasteiger partial charge in [0.15, 0.2) is 0 Å². The maximum absolute atomic E-state index is 9.00. The Hall–Kier alpha value is -0.0400. The second-order valence-corrected chi connectivity index (χ2v) is 5.33. The monoisotopic (exact) mass is 241 g/mol. The van der Waals surface area contributed by atoms with Crippen LogP contribution in [0.1, 0.15) is 90.4 Å². The standard InChI is InChI=1S/C16H33O/c1-3-4-5-6-7-8-9-10-11-12-13-14-15-16(2)17/h16-17H,2-15H2,1H3. The normalized spacial score (nSPS) is 12.9. The van der Waals surface area contributed by atoms with E-state index in [4.69, 9.17) is 5.11 Å². The first kappa shape index (κ1) is 17.0. The van der Waals surface area contributed by atoms with Crippen molar-refractivity contribution in [1.29, 1.82) is 0 Å². The van der Waals surface area contributed by atoms with Gasteiger partial charge in [-0.3, -0.25) is 0 Å². The third-order valence-electron chi connectivity index (χ3n) is 3.39. The molecular weight excluding hydrogens is 208 g/mol. The number of aliphatic hydroxyl groups excluding tert-OH is 1. The number of hydrogen-bond donors (Lipinski definition) is 1. The van der Waals surface area contributed by atoms with Crippen LogP contribution in [0, 0.1) is 6.92 Å². The van der Waals surface area contributed by atoms with Crippen LogP contribution in [0.5, 0.6) is 0 Å². The van der Waals surface area contributed by atoms with Crippen molar-refractivity contribution in [3.05, 3.63) is 6.92 Å². The van der Waals surface area contributed by atoms with Crippen molar-refractivity contribution in [2.45, 2.75) is 96.5 Å². The minimum Gasteiger partial charge on any atom is -0.393 e. The maximum Gasteiger partial charge on any atom is 0.0541 e. The third kappa shape index (κ3) is 16.0. The molecule has 0 bridgehead atoms. The van der Waals surface area contributed by atoms with Gasteiger partial charge in [0.1, 0.15) is 0 Å². The second-order valence-electron chi connectivity index (χ2n) is 5.33. The van der Waals surface area contributed by atoms with E-state index in [2.05, 4.69) is 13.8 Å². The minimum atomic E-state index is -0.349. The fourth-order valence-electron chi connectivity index (χ4n) is 2.22. The van der Waals surface area contributed by atoms with Crippen molar-refractivity contribution in [3.8, 4) is 0 Å². The molecule has 1 unspecified atom stereocenters. The zero-order valence-electron chi connectivity index (χ0n) is 11.9. The van der Waals surface area contributed by atoms with Crippen molar-refractivity contribution < 1.29 is 5.11 Å². The fraction of sp³-hybridized carbons (Fsp3) is 0.938. The van der Waals surface area contributed by atoms with E-state index in [1.807, 2.05) is 0 Å². The lowest BCUT2D eigenvalue weighted by molar-refractivity contribution is 0.205. The van der Waals surface area contributed by atoms with Crippen LogP contribution in [0.25, 0.3) is 0 Å². The summed E-state index contributed by atoms with van der Waals surface area (Å²) >= 11 is 0. The van der Waals surface area contributed by atoms with Gasteiger partial charge in [-0.15, -0.1) is 0 Å². The molecule has 0 aromatic carbocycles. The van der Waals surface area contributed by atoms with Crippen molar-refractivity contribution >= 4 is 0 Å².